The largest absolute Gasteiger partial charge is 0.326 e. The Labute approximate surface area is 127 Å². The van der Waals surface area contributed by atoms with Gasteiger partial charge in [0.2, 0.25) is 0 Å². The number of aromatic nitrogens is 3. The summed E-state index contributed by atoms with van der Waals surface area (Å²) in [6, 6.07) is 6.98. The molecule has 0 radical (unpaired) electrons. The van der Waals surface area contributed by atoms with Gasteiger partial charge in [0.1, 0.15) is 0 Å². The Bertz CT molecular complexity index is 826. The van der Waals surface area contributed by atoms with Gasteiger partial charge >= 0.3 is 0 Å². The summed E-state index contributed by atoms with van der Waals surface area (Å²) in [7, 11) is 0. The normalized spacial score (nSPS) is 15.0. The first-order chi connectivity index (χ1) is 10.2. The zero-order valence-electron chi connectivity index (χ0n) is 12.3. The van der Waals surface area contributed by atoms with Gasteiger partial charge in [-0.25, -0.2) is 9.97 Å². The molecule has 1 aromatic carbocycles. The van der Waals surface area contributed by atoms with E-state index < -0.39 is 0 Å². The number of rotatable bonds is 3. The third-order valence-corrected chi connectivity index (χ3v) is 5.08. The monoisotopic (exact) mass is 298 g/mol. The zero-order chi connectivity index (χ0) is 14.6. The van der Waals surface area contributed by atoms with Crippen molar-refractivity contribution >= 4 is 22.4 Å². The number of hydrogen-bond acceptors (Lipinski definition) is 4. The highest BCUT2D eigenvalue weighted by Gasteiger charge is 2.29. The smallest absolute Gasteiger partial charge is 0.153 e. The van der Waals surface area contributed by atoms with Crippen LogP contribution in [0.25, 0.3) is 21.7 Å². The van der Waals surface area contributed by atoms with Crippen LogP contribution in [0.5, 0.6) is 0 Å². The average Bonchev–Trinajstić information content (AvgIpc) is 3.15. The maximum absolute atomic E-state index is 5.75. The number of aryl methyl sites for hydroxylation is 2. The third kappa shape index (κ3) is 2.08. The van der Waals surface area contributed by atoms with Gasteiger partial charge in [0.15, 0.2) is 5.82 Å². The van der Waals surface area contributed by atoms with Crippen LogP contribution in [0.2, 0.25) is 0 Å². The molecule has 1 fully saturated rings. The van der Waals surface area contributed by atoms with Crippen LogP contribution < -0.4 is 5.73 Å². The highest BCUT2D eigenvalue weighted by atomic mass is 32.1. The van der Waals surface area contributed by atoms with Gasteiger partial charge in [-0.3, -0.25) is 0 Å². The Kier molecular flexibility index (Phi) is 2.87. The Balaban J connectivity index is 1.99. The molecule has 0 spiro atoms. The molecule has 1 aliphatic carbocycles. The van der Waals surface area contributed by atoms with Gasteiger partial charge in [-0.15, -0.1) is 11.3 Å². The summed E-state index contributed by atoms with van der Waals surface area (Å²) in [4.78, 5) is 10.7. The second kappa shape index (κ2) is 4.64. The van der Waals surface area contributed by atoms with Gasteiger partial charge in [0, 0.05) is 12.6 Å². The lowest BCUT2D eigenvalue weighted by atomic mass is 10.2. The van der Waals surface area contributed by atoms with E-state index in [0.717, 1.165) is 27.6 Å². The number of nitrogens with zero attached hydrogens (tertiary/aromatic N) is 3. The van der Waals surface area contributed by atoms with Crippen LogP contribution in [0.4, 0.5) is 0 Å². The lowest BCUT2D eigenvalue weighted by Gasteiger charge is -2.06. The van der Waals surface area contributed by atoms with E-state index in [4.69, 9.17) is 10.7 Å². The van der Waals surface area contributed by atoms with Crippen LogP contribution in [0.15, 0.2) is 18.2 Å². The minimum absolute atomic E-state index is 0.556. The molecule has 0 atom stereocenters. The summed E-state index contributed by atoms with van der Waals surface area (Å²) < 4.78 is 2.40. The van der Waals surface area contributed by atoms with Crippen LogP contribution in [-0.2, 0) is 6.54 Å². The number of fused-ring (bicyclic) bond motifs is 1. The van der Waals surface area contributed by atoms with E-state index in [2.05, 4.69) is 41.6 Å². The number of nitrogens with two attached hydrogens (primary N) is 1. The van der Waals surface area contributed by atoms with Gasteiger partial charge in [0.25, 0.3) is 0 Å². The molecule has 2 aromatic heterocycles. The molecule has 2 N–H and O–H groups in total. The molecule has 4 rings (SSSR count). The van der Waals surface area contributed by atoms with E-state index in [-0.39, 0.29) is 0 Å². The molecule has 1 saturated carbocycles. The standard InChI is InChI=1S/C16H18N4S/c1-9-15(21-10(2)18-9)16-19-13-7-11(8-17)3-6-14(13)20(16)12-4-5-12/h3,6-7,12H,4-5,8,17H2,1-2H3. The Hall–Kier alpha value is -1.72. The first kappa shape index (κ1) is 13.0. The van der Waals surface area contributed by atoms with Gasteiger partial charge in [-0.2, -0.15) is 0 Å². The lowest BCUT2D eigenvalue weighted by Crippen LogP contribution is -1.98. The molecule has 108 valence electrons. The van der Waals surface area contributed by atoms with E-state index in [1.165, 1.54) is 23.2 Å². The van der Waals surface area contributed by atoms with E-state index in [1.807, 2.05) is 0 Å². The molecule has 2 heterocycles. The zero-order valence-corrected chi connectivity index (χ0v) is 13.1. The molecule has 1 aliphatic rings. The quantitative estimate of drug-likeness (QED) is 0.804. The molecule has 3 aromatic rings. The maximum atomic E-state index is 5.75. The molecular formula is C16H18N4S. The van der Waals surface area contributed by atoms with Crippen molar-refractivity contribution in [3.63, 3.8) is 0 Å². The van der Waals surface area contributed by atoms with Crippen LogP contribution in [0, 0.1) is 13.8 Å². The second-order valence-electron chi connectivity index (χ2n) is 5.71. The van der Waals surface area contributed by atoms with Crippen LogP contribution >= 0.6 is 11.3 Å². The van der Waals surface area contributed by atoms with Crippen molar-refractivity contribution in [2.24, 2.45) is 5.73 Å². The van der Waals surface area contributed by atoms with E-state index >= 15 is 0 Å². The van der Waals surface area contributed by atoms with Crippen molar-refractivity contribution < 1.29 is 0 Å². The van der Waals surface area contributed by atoms with Gasteiger partial charge in [-0.05, 0) is 44.4 Å². The van der Waals surface area contributed by atoms with Crippen molar-refractivity contribution in [1.82, 2.24) is 14.5 Å². The maximum Gasteiger partial charge on any atom is 0.153 e. The van der Waals surface area contributed by atoms with Crippen molar-refractivity contribution in [2.75, 3.05) is 0 Å². The Morgan fingerprint density at radius 1 is 1.29 bits per heavy atom. The molecule has 5 heteroatoms. The average molecular weight is 298 g/mol. The van der Waals surface area contributed by atoms with E-state index in [0.29, 0.717) is 12.6 Å². The SMILES string of the molecule is Cc1nc(C)c(-c2nc3cc(CN)ccc3n2C2CC2)s1. The summed E-state index contributed by atoms with van der Waals surface area (Å²) in [5, 5.41) is 1.10. The number of benzene rings is 1. The fourth-order valence-electron chi connectivity index (χ4n) is 2.87. The van der Waals surface area contributed by atoms with Crippen molar-refractivity contribution in [3.05, 3.63) is 34.5 Å². The minimum Gasteiger partial charge on any atom is -0.326 e. The fraction of sp³-hybridized carbons (Fsp3) is 0.375. The van der Waals surface area contributed by atoms with Crippen LogP contribution in [0.3, 0.4) is 0 Å². The van der Waals surface area contributed by atoms with Crippen LogP contribution in [0.1, 0.15) is 35.1 Å². The third-order valence-electron chi connectivity index (χ3n) is 4.01. The molecular weight excluding hydrogens is 280 g/mol. The summed E-state index contributed by atoms with van der Waals surface area (Å²) in [6.07, 6.45) is 2.49. The molecule has 0 amide bonds. The molecule has 0 saturated heterocycles. The fourth-order valence-corrected chi connectivity index (χ4v) is 3.78. The molecule has 4 nitrogen and oxygen atoms in total. The predicted octanol–water partition coefficient (Wildman–Crippen LogP) is 3.57. The summed E-state index contributed by atoms with van der Waals surface area (Å²) in [5.41, 5.74) is 10.2. The first-order valence-corrected chi connectivity index (χ1v) is 8.14. The van der Waals surface area contributed by atoms with Crippen molar-refractivity contribution in [1.29, 1.82) is 0 Å². The summed E-state index contributed by atoms with van der Waals surface area (Å²) in [5.74, 6) is 1.07. The van der Waals surface area contributed by atoms with E-state index in [9.17, 15) is 0 Å². The van der Waals surface area contributed by atoms with Gasteiger partial charge < -0.3 is 10.3 Å². The highest BCUT2D eigenvalue weighted by molar-refractivity contribution is 7.15. The van der Waals surface area contributed by atoms with Crippen LogP contribution in [-0.4, -0.2) is 14.5 Å². The predicted molar refractivity (Wildman–Crippen MR) is 86.5 cm³/mol. The van der Waals surface area contributed by atoms with Gasteiger partial charge in [0.05, 0.1) is 26.6 Å². The van der Waals surface area contributed by atoms with Gasteiger partial charge in [-0.1, -0.05) is 6.07 Å². The molecule has 0 aliphatic heterocycles. The molecule has 0 unspecified atom stereocenters. The molecule has 0 bridgehead atoms. The summed E-state index contributed by atoms with van der Waals surface area (Å²) in [6.45, 7) is 4.68. The summed E-state index contributed by atoms with van der Waals surface area (Å²) >= 11 is 1.73. The van der Waals surface area contributed by atoms with Crippen molar-refractivity contribution in [2.45, 2.75) is 39.3 Å². The Morgan fingerprint density at radius 3 is 2.71 bits per heavy atom. The topological polar surface area (TPSA) is 56.7 Å². The first-order valence-electron chi connectivity index (χ1n) is 7.32. The number of hydrogen-bond donors (Lipinski definition) is 1. The Morgan fingerprint density at radius 2 is 2.10 bits per heavy atom. The second-order valence-corrected chi connectivity index (χ2v) is 6.91. The molecule has 21 heavy (non-hydrogen) atoms. The lowest BCUT2D eigenvalue weighted by molar-refractivity contribution is 0.776. The minimum atomic E-state index is 0.556. The highest BCUT2D eigenvalue weighted by Crippen LogP contribution is 2.43. The number of thiazole rings is 1. The van der Waals surface area contributed by atoms with E-state index in [1.54, 1.807) is 11.3 Å². The number of imidazole rings is 1. The van der Waals surface area contributed by atoms with Crippen molar-refractivity contribution in [3.8, 4) is 10.7 Å².